The van der Waals surface area contributed by atoms with Crippen molar-refractivity contribution in [2.24, 2.45) is 17.3 Å². The van der Waals surface area contributed by atoms with Crippen LogP contribution in [0.1, 0.15) is 33.1 Å². The van der Waals surface area contributed by atoms with Crippen molar-refractivity contribution in [3.05, 3.63) is 24.3 Å². The zero-order valence-electron chi connectivity index (χ0n) is 11.0. The molecule has 0 aromatic heterocycles. The molecule has 18 heavy (non-hydrogen) atoms. The molecule has 2 fully saturated rings. The molecule has 4 unspecified atom stereocenters. The van der Waals surface area contributed by atoms with E-state index in [2.05, 4.69) is 0 Å². The molecule has 2 N–H and O–H groups in total. The second-order valence-electron chi connectivity index (χ2n) is 5.45. The number of fused-ring (bicyclic) bond motifs is 2. The molecular formula is C15H22O3. The molecule has 100 valence electrons. The molecule has 0 heterocycles. The fourth-order valence-electron chi connectivity index (χ4n) is 3.84. The molecule has 2 aliphatic rings. The number of rotatable bonds is 4. The van der Waals surface area contributed by atoms with Gasteiger partial charge in [0.15, 0.2) is 0 Å². The molecule has 0 radical (unpaired) electrons. The zero-order chi connectivity index (χ0) is 13.3. The second-order valence-corrected chi connectivity index (χ2v) is 5.45. The zero-order valence-corrected chi connectivity index (χ0v) is 11.0. The lowest BCUT2D eigenvalue weighted by Crippen LogP contribution is -2.53. The molecule has 3 nitrogen and oxygen atoms in total. The Balaban J connectivity index is 2.43. The standard InChI is InChI=1S/C15H22O3/c1-3-5-12(16)15(13(17)6-4-2)11-8-7-10(9-11)14(15)18/h3-6,10-13,16-17H,7-9H2,1-2H3/b5-3+,6-4+. The van der Waals surface area contributed by atoms with E-state index in [-0.39, 0.29) is 17.6 Å². The Morgan fingerprint density at radius 1 is 1.17 bits per heavy atom. The van der Waals surface area contributed by atoms with Gasteiger partial charge >= 0.3 is 0 Å². The van der Waals surface area contributed by atoms with E-state index >= 15 is 0 Å². The van der Waals surface area contributed by atoms with Gasteiger partial charge in [-0.2, -0.15) is 0 Å². The highest BCUT2D eigenvalue weighted by Gasteiger charge is 2.63. The van der Waals surface area contributed by atoms with Gasteiger partial charge in [0.25, 0.3) is 0 Å². The summed E-state index contributed by atoms with van der Waals surface area (Å²) in [7, 11) is 0. The average molecular weight is 250 g/mol. The summed E-state index contributed by atoms with van der Waals surface area (Å²) in [6.07, 6.45) is 7.63. The lowest BCUT2D eigenvalue weighted by Gasteiger charge is -2.41. The Labute approximate surface area is 108 Å². The van der Waals surface area contributed by atoms with Crippen LogP contribution in [0.4, 0.5) is 0 Å². The van der Waals surface area contributed by atoms with Crippen LogP contribution >= 0.6 is 0 Å². The summed E-state index contributed by atoms with van der Waals surface area (Å²) in [6.45, 7) is 3.63. The maximum Gasteiger partial charge on any atom is 0.148 e. The van der Waals surface area contributed by atoms with E-state index in [0.29, 0.717) is 0 Å². The summed E-state index contributed by atoms with van der Waals surface area (Å²) in [6, 6.07) is 0. The third-order valence-corrected chi connectivity index (χ3v) is 4.63. The summed E-state index contributed by atoms with van der Waals surface area (Å²) < 4.78 is 0. The molecule has 0 amide bonds. The Bertz CT molecular complexity index is 365. The Kier molecular flexibility index (Phi) is 3.74. The van der Waals surface area contributed by atoms with Crippen molar-refractivity contribution in [1.29, 1.82) is 0 Å². The van der Waals surface area contributed by atoms with E-state index in [4.69, 9.17) is 0 Å². The number of hydrogen-bond acceptors (Lipinski definition) is 3. The van der Waals surface area contributed by atoms with Gasteiger partial charge < -0.3 is 10.2 Å². The Morgan fingerprint density at radius 2 is 1.72 bits per heavy atom. The summed E-state index contributed by atoms with van der Waals surface area (Å²) in [5.74, 6) is 0.192. The van der Waals surface area contributed by atoms with Gasteiger partial charge in [0.2, 0.25) is 0 Å². The number of Topliss-reactive ketones (excluding diaryl/α,β-unsaturated/α-hetero) is 1. The van der Waals surface area contributed by atoms with Crippen LogP contribution in [0, 0.1) is 17.3 Å². The number of ketones is 1. The third-order valence-electron chi connectivity index (χ3n) is 4.63. The minimum Gasteiger partial charge on any atom is -0.388 e. The van der Waals surface area contributed by atoms with Crippen molar-refractivity contribution in [2.75, 3.05) is 0 Å². The second kappa shape index (κ2) is 4.98. The van der Waals surface area contributed by atoms with Crippen molar-refractivity contribution in [3.63, 3.8) is 0 Å². The van der Waals surface area contributed by atoms with E-state index < -0.39 is 17.6 Å². The van der Waals surface area contributed by atoms with Gasteiger partial charge in [0.1, 0.15) is 5.78 Å². The molecule has 2 bridgehead atoms. The molecule has 4 atom stereocenters. The van der Waals surface area contributed by atoms with Crippen molar-refractivity contribution >= 4 is 5.78 Å². The lowest BCUT2D eigenvalue weighted by atomic mass is 9.64. The van der Waals surface area contributed by atoms with Crippen LogP contribution in [-0.4, -0.2) is 28.2 Å². The first-order valence-electron chi connectivity index (χ1n) is 6.75. The smallest absolute Gasteiger partial charge is 0.148 e. The van der Waals surface area contributed by atoms with Crippen molar-refractivity contribution < 1.29 is 15.0 Å². The fourth-order valence-corrected chi connectivity index (χ4v) is 3.84. The van der Waals surface area contributed by atoms with Gasteiger partial charge in [-0.3, -0.25) is 4.79 Å². The summed E-state index contributed by atoms with van der Waals surface area (Å²) in [4.78, 5) is 12.5. The SMILES string of the molecule is C/C=C/C(O)C1(C(O)/C=C/C)C(=O)C2CCC1C2. The van der Waals surface area contributed by atoms with Gasteiger partial charge in [-0.05, 0) is 39.0 Å². The normalized spacial score (nSPS) is 39.0. The highest BCUT2D eigenvalue weighted by molar-refractivity contribution is 5.92. The van der Waals surface area contributed by atoms with Crippen LogP contribution in [-0.2, 0) is 4.79 Å². The van der Waals surface area contributed by atoms with Gasteiger partial charge in [-0.25, -0.2) is 0 Å². The molecule has 0 saturated heterocycles. The molecular weight excluding hydrogens is 228 g/mol. The van der Waals surface area contributed by atoms with E-state index in [1.807, 2.05) is 13.8 Å². The number of aliphatic hydroxyl groups is 2. The summed E-state index contributed by atoms with van der Waals surface area (Å²) >= 11 is 0. The summed E-state index contributed by atoms with van der Waals surface area (Å²) in [5.41, 5.74) is -1.01. The molecule has 0 aromatic rings. The first-order valence-corrected chi connectivity index (χ1v) is 6.75. The number of allylic oxidation sites excluding steroid dienone is 2. The van der Waals surface area contributed by atoms with Gasteiger partial charge in [0, 0.05) is 5.92 Å². The van der Waals surface area contributed by atoms with Crippen LogP contribution < -0.4 is 0 Å². The summed E-state index contributed by atoms with van der Waals surface area (Å²) in [5, 5.41) is 20.8. The van der Waals surface area contributed by atoms with Crippen LogP contribution in [0.15, 0.2) is 24.3 Å². The minimum atomic E-state index is -1.01. The Hall–Kier alpha value is -0.930. The minimum absolute atomic E-state index is 0.0369. The predicted octanol–water partition coefficient (Wildman–Crippen LogP) is 1.85. The predicted molar refractivity (Wildman–Crippen MR) is 69.9 cm³/mol. The van der Waals surface area contributed by atoms with Crippen molar-refractivity contribution in [3.8, 4) is 0 Å². The lowest BCUT2D eigenvalue weighted by molar-refractivity contribution is -0.147. The van der Waals surface area contributed by atoms with E-state index in [1.54, 1.807) is 24.3 Å². The van der Waals surface area contributed by atoms with Crippen molar-refractivity contribution in [2.45, 2.75) is 45.3 Å². The number of carbonyl (C=O) groups excluding carboxylic acids is 1. The van der Waals surface area contributed by atoms with E-state index in [9.17, 15) is 15.0 Å². The first-order chi connectivity index (χ1) is 8.58. The quantitative estimate of drug-likeness (QED) is 0.749. The van der Waals surface area contributed by atoms with Gasteiger partial charge in [0.05, 0.1) is 17.6 Å². The highest BCUT2D eigenvalue weighted by Crippen LogP contribution is 2.57. The van der Waals surface area contributed by atoms with Crippen LogP contribution in [0.5, 0.6) is 0 Å². The van der Waals surface area contributed by atoms with Gasteiger partial charge in [-0.1, -0.05) is 24.3 Å². The largest absolute Gasteiger partial charge is 0.388 e. The molecule has 3 heteroatoms. The number of aliphatic hydroxyl groups excluding tert-OH is 2. The first kappa shape index (κ1) is 13.5. The fraction of sp³-hybridized carbons (Fsp3) is 0.667. The van der Waals surface area contributed by atoms with Crippen LogP contribution in [0.3, 0.4) is 0 Å². The maximum atomic E-state index is 12.5. The number of hydrogen-bond donors (Lipinski definition) is 2. The van der Waals surface area contributed by atoms with E-state index in [0.717, 1.165) is 19.3 Å². The van der Waals surface area contributed by atoms with Crippen LogP contribution in [0.2, 0.25) is 0 Å². The van der Waals surface area contributed by atoms with E-state index in [1.165, 1.54) is 0 Å². The maximum absolute atomic E-state index is 12.5. The molecule has 2 aliphatic carbocycles. The molecule has 0 aliphatic heterocycles. The molecule has 0 spiro atoms. The molecule has 0 aromatic carbocycles. The topological polar surface area (TPSA) is 57.5 Å². The number of carbonyl (C=O) groups is 1. The molecule has 2 rings (SSSR count). The monoisotopic (exact) mass is 250 g/mol. The van der Waals surface area contributed by atoms with Crippen LogP contribution in [0.25, 0.3) is 0 Å². The highest BCUT2D eigenvalue weighted by atomic mass is 16.3. The van der Waals surface area contributed by atoms with Gasteiger partial charge in [-0.15, -0.1) is 0 Å². The van der Waals surface area contributed by atoms with Crippen molar-refractivity contribution in [1.82, 2.24) is 0 Å². The Morgan fingerprint density at radius 3 is 2.11 bits per heavy atom. The average Bonchev–Trinajstić information content (AvgIpc) is 2.89. The molecule has 2 saturated carbocycles. The third kappa shape index (κ3) is 1.69.